The van der Waals surface area contributed by atoms with Gasteiger partial charge in [-0.05, 0) is 79.8 Å². The van der Waals surface area contributed by atoms with E-state index in [1.54, 1.807) is 6.07 Å². The summed E-state index contributed by atoms with van der Waals surface area (Å²) in [5.41, 5.74) is 0.510. The molecule has 1 aromatic heterocycles. The summed E-state index contributed by atoms with van der Waals surface area (Å²) >= 11 is 2.62. The Morgan fingerprint density at radius 3 is 1.88 bits per heavy atom. The Morgan fingerprint density at radius 2 is 1.38 bits per heavy atom. The smallest absolute Gasteiger partial charge is 0.372 e. The fourth-order valence-electron chi connectivity index (χ4n) is 3.44. The fourth-order valence-corrected chi connectivity index (χ4v) is 5.03. The lowest BCUT2D eigenvalue weighted by Crippen LogP contribution is -2.30. The molecule has 4 rings (SSSR count). The highest BCUT2D eigenvalue weighted by molar-refractivity contribution is 7.99. The van der Waals surface area contributed by atoms with Gasteiger partial charge >= 0.3 is 12.1 Å². The summed E-state index contributed by atoms with van der Waals surface area (Å²) in [6.45, 7) is 5.08. The van der Waals surface area contributed by atoms with E-state index in [0.717, 1.165) is 9.79 Å². The lowest BCUT2D eigenvalue weighted by Gasteiger charge is -2.22. The number of rotatable bonds is 10. The van der Waals surface area contributed by atoms with E-state index >= 15 is 0 Å². The van der Waals surface area contributed by atoms with Crippen LogP contribution < -0.4 is 10.2 Å². The second-order valence-corrected chi connectivity index (χ2v) is 10.1. The van der Waals surface area contributed by atoms with Crippen molar-refractivity contribution in [3.63, 3.8) is 0 Å². The lowest BCUT2D eigenvalue weighted by molar-refractivity contribution is -0.167. The summed E-state index contributed by atoms with van der Waals surface area (Å²) in [7, 11) is 0. The summed E-state index contributed by atoms with van der Waals surface area (Å²) in [4.78, 5) is 28.8. The molecule has 0 bridgehead atoms. The molecule has 206 valence electrons. The number of amides is 1. The Kier molecular flexibility index (Phi) is 9.72. The van der Waals surface area contributed by atoms with Gasteiger partial charge in [-0.3, -0.25) is 4.79 Å². The third-order valence-corrected chi connectivity index (χ3v) is 7.09. The summed E-state index contributed by atoms with van der Waals surface area (Å²) < 4.78 is 39.1. The third-order valence-electron chi connectivity index (χ3n) is 5.35. The highest BCUT2D eigenvalue weighted by atomic mass is 32.2. The predicted molar refractivity (Wildman–Crippen MR) is 150 cm³/mol. The van der Waals surface area contributed by atoms with E-state index in [0.29, 0.717) is 29.1 Å². The van der Waals surface area contributed by atoms with Crippen molar-refractivity contribution in [1.29, 1.82) is 0 Å². The molecule has 13 heteroatoms. The van der Waals surface area contributed by atoms with E-state index in [2.05, 4.69) is 25.2 Å². The van der Waals surface area contributed by atoms with Crippen LogP contribution in [0.3, 0.4) is 0 Å². The first-order valence-corrected chi connectivity index (χ1v) is 13.8. The van der Waals surface area contributed by atoms with Crippen LogP contribution in [0.25, 0.3) is 0 Å². The van der Waals surface area contributed by atoms with Gasteiger partial charge in [0.1, 0.15) is 5.69 Å². The molecule has 1 N–H and O–H groups in total. The molecule has 0 aliphatic heterocycles. The molecule has 0 spiro atoms. The van der Waals surface area contributed by atoms with Crippen molar-refractivity contribution in [2.24, 2.45) is 10.2 Å². The molecule has 0 atom stereocenters. The van der Waals surface area contributed by atoms with Crippen LogP contribution in [0.5, 0.6) is 0 Å². The number of carbonyl (C=O) groups excluding carboxylic acids is 1. The van der Waals surface area contributed by atoms with Crippen LogP contribution in [0.2, 0.25) is 0 Å². The summed E-state index contributed by atoms with van der Waals surface area (Å²) in [6, 6.07) is 23.6. The average Bonchev–Trinajstić information content (AvgIpc) is 2.94. The Morgan fingerprint density at radius 1 is 0.825 bits per heavy atom. The number of benzene rings is 3. The summed E-state index contributed by atoms with van der Waals surface area (Å²) in [5, 5.41) is 10.9. The largest absolute Gasteiger partial charge is 0.471 e. The number of anilines is 2. The molecule has 0 fully saturated rings. The van der Waals surface area contributed by atoms with Gasteiger partial charge in [0.15, 0.2) is 10.3 Å². The molecule has 40 heavy (non-hydrogen) atoms. The second-order valence-electron chi connectivity index (χ2n) is 8.06. The highest BCUT2D eigenvalue weighted by Gasteiger charge is 2.39. The highest BCUT2D eigenvalue weighted by Crippen LogP contribution is 2.34. The Labute approximate surface area is 237 Å². The van der Waals surface area contributed by atoms with Crippen molar-refractivity contribution >= 4 is 52.4 Å². The number of hydrogen-bond acceptors (Lipinski definition) is 9. The van der Waals surface area contributed by atoms with Crippen LogP contribution in [0.1, 0.15) is 13.8 Å². The van der Waals surface area contributed by atoms with Gasteiger partial charge in [-0.15, -0.1) is 10.2 Å². The fraction of sp³-hybridized carbons (Fsp3) is 0.185. The van der Waals surface area contributed by atoms with Gasteiger partial charge in [-0.1, -0.05) is 36.4 Å². The van der Waals surface area contributed by atoms with Crippen molar-refractivity contribution in [2.45, 2.75) is 40.1 Å². The number of hydrogen-bond donors (Lipinski definition) is 1. The van der Waals surface area contributed by atoms with Gasteiger partial charge in [-0.25, -0.2) is 0 Å². The predicted octanol–water partition coefficient (Wildman–Crippen LogP) is 7.94. The number of aromatic nitrogens is 3. The van der Waals surface area contributed by atoms with Gasteiger partial charge in [0.25, 0.3) is 5.95 Å². The van der Waals surface area contributed by atoms with Gasteiger partial charge in [0.2, 0.25) is 0 Å². The van der Waals surface area contributed by atoms with Crippen LogP contribution in [0.4, 0.5) is 36.2 Å². The maximum absolute atomic E-state index is 13.0. The summed E-state index contributed by atoms with van der Waals surface area (Å²) in [5.74, 6) is -2.14. The minimum atomic E-state index is -5.07. The molecule has 4 aromatic rings. The van der Waals surface area contributed by atoms with E-state index in [1.807, 2.05) is 84.7 Å². The number of alkyl halides is 3. The Balaban J connectivity index is 1.70. The first-order chi connectivity index (χ1) is 19.2. The van der Waals surface area contributed by atoms with E-state index in [4.69, 9.17) is 0 Å². The van der Waals surface area contributed by atoms with Crippen molar-refractivity contribution in [1.82, 2.24) is 15.0 Å². The molecule has 0 saturated heterocycles. The van der Waals surface area contributed by atoms with E-state index in [-0.39, 0.29) is 17.3 Å². The van der Waals surface area contributed by atoms with Crippen LogP contribution in [0.15, 0.2) is 109 Å². The number of azo groups is 1. The Bertz CT molecular complexity index is 1410. The van der Waals surface area contributed by atoms with Crippen molar-refractivity contribution in [2.75, 3.05) is 23.3 Å². The second kappa shape index (κ2) is 13.4. The molecule has 0 unspecified atom stereocenters. The molecule has 3 aromatic carbocycles. The first kappa shape index (κ1) is 29.0. The van der Waals surface area contributed by atoms with Gasteiger partial charge in [-0.2, -0.15) is 28.1 Å². The first-order valence-electron chi connectivity index (χ1n) is 12.2. The third kappa shape index (κ3) is 8.02. The standard InChI is InChI=1S/C27H24F3N7OS2/c1-3-37(4-2)18-15-16-21(22(17-18)31-23(38)27(28,29)30)35-36-24-32-25(39-19-11-7-5-8-12-19)34-26(33-24)40-20-13-9-6-10-14-20/h5-17H,3-4H2,1-2H3,(H,31,38). The van der Waals surface area contributed by atoms with Crippen LogP contribution in [0, 0.1) is 0 Å². The maximum atomic E-state index is 13.0. The van der Waals surface area contributed by atoms with Crippen molar-refractivity contribution in [3.05, 3.63) is 78.9 Å². The molecule has 0 saturated carbocycles. The molecule has 0 aliphatic rings. The SMILES string of the molecule is CCN(CC)c1ccc(N=Nc2nc(Sc3ccccc3)nc(Sc3ccccc3)n2)c(NC(=O)C(F)(F)F)c1. The molecule has 1 amide bonds. The minimum absolute atomic E-state index is 0.0171. The minimum Gasteiger partial charge on any atom is -0.372 e. The quantitative estimate of drug-likeness (QED) is 0.189. The number of halogens is 3. The monoisotopic (exact) mass is 583 g/mol. The zero-order valence-electron chi connectivity index (χ0n) is 21.5. The molecular weight excluding hydrogens is 559 g/mol. The van der Waals surface area contributed by atoms with Gasteiger partial charge in [0.05, 0.1) is 5.69 Å². The Hall–Kier alpha value is -3.97. The van der Waals surface area contributed by atoms with Gasteiger partial charge < -0.3 is 10.2 Å². The average molecular weight is 584 g/mol. The van der Waals surface area contributed by atoms with E-state index in [1.165, 1.54) is 35.7 Å². The number of nitrogens with zero attached hydrogens (tertiary/aromatic N) is 6. The molecule has 1 heterocycles. The molecule has 8 nitrogen and oxygen atoms in total. The molecule has 0 radical (unpaired) electrons. The van der Waals surface area contributed by atoms with Gasteiger partial charge in [0, 0.05) is 28.6 Å². The topological polar surface area (TPSA) is 95.7 Å². The summed E-state index contributed by atoms with van der Waals surface area (Å²) in [6.07, 6.45) is -5.07. The van der Waals surface area contributed by atoms with Crippen LogP contribution in [-0.2, 0) is 4.79 Å². The maximum Gasteiger partial charge on any atom is 0.471 e. The lowest BCUT2D eigenvalue weighted by atomic mass is 10.2. The van der Waals surface area contributed by atoms with Crippen LogP contribution >= 0.6 is 23.5 Å². The number of carbonyl (C=O) groups is 1. The number of nitrogens with one attached hydrogen (secondary N) is 1. The van der Waals surface area contributed by atoms with Crippen molar-refractivity contribution in [3.8, 4) is 0 Å². The molecular formula is C27H24F3N7OS2. The zero-order valence-corrected chi connectivity index (χ0v) is 23.1. The van der Waals surface area contributed by atoms with Crippen molar-refractivity contribution < 1.29 is 18.0 Å². The normalized spacial score (nSPS) is 11.5. The molecule has 0 aliphatic carbocycles. The van der Waals surface area contributed by atoms with E-state index < -0.39 is 12.1 Å². The zero-order chi connectivity index (χ0) is 28.5. The van der Waals surface area contributed by atoms with Crippen LogP contribution in [-0.4, -0.2) is 40.1 Å². The van der Waals surface area contributed by atoms with E-state index in [9.17, 15) is 18.0 Å².